The minimum absolute atomic E-state index is 0.638. The summed E-state index contributed by atoms with van der Waals surface area (Å²) in [4.78, 5) is 22.5. The molecule has 0 aliphatic rings. The molecule has 0 saturated heterocycles. The molecule has 0 radical (unpaired) electrons. The van der Waals surface area contributed by atoms with Gasteiger partial charge in [0.15, 0.2) is 9.84 Å². The topological polar surface area (TPSA) is 101 Å². The van der Waals surface area contributed by atoms with Crippen LogP contribution in [0, 0.1) is 5.92 Å². The van der Waals surface area contributed by atoms with E-state index in [1.807, 2.05) is 0 Å². The molecule has 0 aromatic heterocycles. The summed E-state index contributed by atoms with van der Waals surface area (Å²) in [5, 5.41) is 11.2. The maximum absolute atomic E-state index is 11.8. The molecule has 7 heteroatoms. The van der Waals surface area contributed by atoms with Crippen LogP contribution in [0.5, 0.6) is 0 Å². The van der Waals surface area contributed by atoms with Gasteiger partial charge < -0.3 is 10.4 Å². The van der Waals surface area contributed by atoms with Crippen molar-refractivity contribution in [3.8, 4) is 0 Å². The Morgan fingerprint density at radius 2 is 1.65 bits per heavy atom. The molecule has 1 amide bonds. The van der Waals surface area contributed by atoms with Crippen LogP contribution < -0.4 is 5.32 Å². The molecule has 0 spiro atoms. The van der Waals surface area contributed by atoms with Gasteiger partial charge in [-0.15, -0.1) is 0 Å². The van der Waals surface area contributed by atoms with Crippen LogP contribution in [-0.2, 0) is 19.4 Å². The normalized spacial score (nSPS) is 16.1. The van der Waals surface area contributed by atoms with E-state index in [1.54, 1.807) is 0 Å². The van der Waals surface area contributed by atoms with Gasteiger partial charge in [-0.1, -0.05) is 0 Å². The molecular weight excluding hydrogens is 246 g/mol. The molecule has 2 atom stereocenters. The molecule has 0 aliphatic heterocycles. The summed E-state index contributed by atoms with van der Waals surface area (Å²) >= 11 is 0. The van der Waals surface area contributed by atoms with E-state index in [1.165, 1.54) is 27.7 Å². The van der Waals surface area contributed by atoms with Crippen LogP contribution in [0.25, 0.3) is 0 Å². The number of sulfone groups is 1. The van der Waals surface area contributed by atoms with Gasteiger partial charge in [-0.3, -0.25) is 9.59 Å². The second-order valence-electron chi connectivity index (χ2n) is 4.67. The first kappa shape index (κ1) is 15.9. The summed E-state index contributed by atoms with van der Waals surface area (Å²) in [6.07, 6.45) is 0.970. The van der Waals surface area contributed by atoms with E-state index < -0.39 is 38.4 Å². The molecule has 0 aliphatic carbocycles. The Labute approximate surface area is 101 Å². The number of carboxylic acids is 1. The zero-order valence-corrected chi connectivity index (χ0v) is 11.5. The van der Waals surface area contributed by atoms with E-state index in [-0.39, 0.29) is 0 Å². The number of carbonyl (C=O) groups is 2. The van der Waals surface area contributed by atoms with Crippen LogP contribution in [0.15, 0.2) is 0 Å². The van der Waals surface area contributed by atoms with Crippen molar-refractivity contribution in [2.45, 2.75) is 38.5 Å². The molecule has 0 fully saturated rings. The number of rotatable bonds is 5. The first-order chi connectivity index (χ1) is 7.41. The van der Waals surface area contributed by atoms with Gasteiger partial charge in [0.1, 0.15) is 4.75 Å². The van der Waals surface area contributed by atoms with Crippen LogP contribution in [0.3, 0.4) is 0 Å². The summed E-state index contributed by atoms with van der Waals surface area (Å²) in [6.45, 7) is 5.54. The summed E-state index contributed by atoms with van der Waals surface area (Å²) in [5.41, 5.74) is 0. The Kier molecular flexibility index (Phi) is 4.70. The summed E-state index contributed by atoms with van der Waals surface area (Å²) in [7, 11) is -3.55. The number of hydrogen-bond donors (Lipinski definition) is 2. The third-order valence-corrected chi connectivity index (χ3v) is 5.01. The standard InChI is InChI=1S/C10H19NO5S/c1-6(8(12)13)7(2)11-9(14)10(3,4)17(5,15)16/h6-7H,1-5H3,(H,11,14)(H,12,13). The molecule has 6 nitrogen and oxygen atoms in total. The summed E-state index contributed by atoms with van der Waals surface area (Å²) in [6, 6.07) is -0.638. The molecule has 0 heterocycles. The Balaban J connectivity index is 4.84. The number of amides is 1. The third kappa shape index (κ3) is 3.69. The molecule has 0 saturated carbocycles. The van der Waals surface area contributed by atoms with Crippen molar-refractivity contribution in [2.24, 2.45) is 5.92 Å². The maximum atomic E-state index is 11.8. The second kappa shape index (κ2) is 5.03. The lowest BCUT2D eigenvalue weighted by molar-refractivity contribution is -0.142. The maximum Gasteiger partial charge on any atom is 0.308 e. The Bertz CT molecular complexity index is 412. The van der Waals surface area contributed by atoms with E-state index in [0.717, 1.165) is 6.26 Å². The zero-order chi connectivity index (χ0) is 14.0. The summed E-state index contributed by atoms with van der Waals surface area (Å²) in [5.74, 6) is -2.52. The SMILES string of the molecule is CC(NC(=O)C(C)(C)S(C)(=O)=O)C(C)C(=O)O. The molecule has 17 heavy (non-hydrogen) atoms. The van der Waals surface area contributed by atoms with Crippen LogP contribution >= 0.6 is 0 Å². The molecule has 100 valence electrons. The third-order valence-electron chi connectivity index (χ3n) is 2.97. The van der Waals surface area contributed by atoms with Gasteiger partial charge in [-0.2, -0.15) is 0 Å². The lowest BCUT2D eigenvalue weighted by Gasteiger charge is -2.25. The van der Waals surface area contributed by atoms with Gasteiger partial charge in [-0.25, -0.2) is 8.42 Å². The van der Waals surface area contributed by atoms with Crippen molar-refractivity contribution in [3.05, 3.63) is 0 Å². The van der Waals surface area contributed by atoms with E-state index in [2.05, 4.69) is 5.32 Å². The fourth-order valence-corrected chi connectivity index (χ4v) is 1.28. The molecule has 0 aromatic carbocycles. The molecule has 2 N–H and O–H groups in total. The fraction of sp³-hybridized carbons (Fsp3) is 0.800. The predicted molar refractivity (Wildman–Crippen MR) is 63.3 cm³/mol. The molecule has 0 rings (SSSR count). The molecule has 0 aromatic rings. The van der Waals surface area contributed by atoms with Crippen LogP contribution in [0.1, 0.15) is 27.7 Å². The largest absolute Gasteiger partial charge is 0.481 e. The average molecular weight is 265 g/mol. The number of carboxylic acid groups (broad SMARTS) is 1. The van der Waals surface area contributed by atoms with Crippen LogP contribution in [-0.4, -0.2) is 42.4 Å². The number of hydrogen-bond acceptors (Lipinski definition) is 4. The first-order valence-corrected chi connectivity index (χ1v) is 7.03. The Hall–Kier alpha value is -1.11. The molecular formula is C10H19NO5S. The summed E-state index contributed by atoms with van der Waals surface area (Å²) < 4.78 is 21.2. The molecule has 0 bridgehead atoms. The highest BCUT2D eigenvalue weighted by Crippen LogP contribution is 2.16. The van der Waals surface area contributed by atoms with Gasteiger partial charge in [0, 0.05) is 12.3 Å². The van der Waals surface area contributed by atoms with Crippen molar-refractivity contribution in [3.63, 3.8) is 0 Å². The Morgan fingerprint density at radius 1 is 1.24 bits per heavy atom. The van der Waals surface area contributed by atoms with Gasteiger partial charge >= 0.3 is 5.97 Å². The second-order valence-corrected chi connectivity index (χ2v) is 7.24. The van der Waals surface area contributed by atoms with Gasteiger partial charge in [-0.05, 0) is 27.7 Å². The van der Waals surface area contributed by atoms with E-state index in [0.29, 0.717) is 0 Å². The van der Waals surface area contributed by atoms with Gasteiger partial charge in [0.05, 0.1) is 5.92 Å². The van der Waals surface area contributed by atoms with Gasteiger partial charge in [0.2, 0.25) is 5.91 Å². The Morgan fingerprint density at radius 3 is 1.94 bits per heavy atom. The molecule has 2 unspecified atom stereocenters. The van der Waals surface area contributed by atoms with Crippen molar-refractivity contribution >= 4 is 21.7 Å². The highest BCUT2D eigenvalue weighted by molar-refractivity contribution is 7.92. The minimum Gasteiger partial charge on any atom is -0.481 e. The predicted octanol–water partition coefficient (Wildman–Crippen LogP) is 0.0350. The number of aliphatic carboxylic acids is 1. The first-order valence-electron chi connectivity index (χ1n) is 5.14. The van der Waals surface area contributed by atoms with Crippen LogP contribution in [0.4, 0.5) is 0 Å². The minimum atomic E-state index is -3.55. The van der Waals surface area contributed by atoms with Gasteiger partial charge in [0.25, 0.3) is 0 Å². The van der Waals surface area contributed by atoms with E-state index in [4.69, 9.17) is 5.11 Å². The van der Waals surface area contributed by atoms with Crippen LogP contribution in [0.2, 0.25) is 0 Å². The quantitative estimate of drug-likeness (QED) is 0.730. The zero-order valence-electron chi connectivity index (χ0n) is 10.6. The highest BCUT2D eigenvalue weighted by Gasteiger charge is 2.39. The monoisotopic (exact) mass is 265 g/mol. The highest BCUT2D eigenvalue weighted by atomic mass is 32.2. The fourth-order valence-electron chi connectivity index (χ4n) is 0.888. The smallest absolute Gasteiger partial charge is 0.308 e. The van der Waals surface area contributed by atoms with Crippen molar-refractivity contribution in [1.29, 1.82) is 0 Å². The van der Waals surface area contributed by atoms with Crippen molar-refractivity contribution < 1.29 is 23.1 Å². The number of carbonyl (C=O) groups excluding carboxylic acids is 1. The lowest BCUT2D eigenvalue weighted by Crippen LogP contribution is -2.52. The van der Waals surface area contributed by atoms with E-state index in [9.17, 15) is 18.0 Å². The van der Waals surface area contributed by atoms with E-state index >= 15 is 0 Å². The lowest BCUT2D eigenvalue weighted by atomic mass is 10.0. The average Bonchev–Trinajstić information content (AvgIpc) is 2.14. The number of nitrogens with one attached hydrogen (secondary N) is 1. The van der Waals surface area contributed by atoms with Crippen molar-refractivity contribution in [1.82, 2.24) is 5.32 Å². The van der Waals surface area contributed by atoms with Crippen molar-refractivity contribution in [2.75, 3.05) is 6.26 Å².